The Morgan fingerprint density at radius 3 is 2.07 bits per heavy atom. The monoisotopic (exact) mass is 355 g/mol. The molecule has 0 aliphatic carbocycles. The third-order valence-electron chi connectivity index (χ3n) is 4.59. The summed E-state index contributed by atoms with van der Waals surface area (Å²) in [6.07, 6.45) is 0.753. The van der Waals surface area contributed by atoms with Crippen LogP contribution in [0.1, 0.15) is 22.5 Å². The summed E-state index contributed by atoms with van der Waals surface area (Å²) in [4.78, 5) is 5.73. The third-order valence-corrected chi connectivity index (χ3v) is 4.59. The van der Waals surface area contributed by atoms with Crippen molar-refractivity contribution in [3.05, 3.63) is 107 Å². The average Bonchev–Trinajstić information content (AvgIpc) is 3.04. The van der Waals surface area contributed by atoms with Gasteiger partial charge in [0.15, 0.2) is 0 Å². The van der Waals surface area contributed by atoms with Gasteiger partial charge in [0.05, 0.1) is 0 Å². The van der Waals surface area contributed by atoms with Gasteiger partial charge in [0.25, 0.3) is 0 Å². The number of rotatable bonds is 6. The first-order chi connectivity index (χ1) is 13.3. The summed E-state index contributed by atoms with van der Waals surface area (Å²) in [5, 5.41) is 5.61. The number of nitrogens with zero attached hydrogens (tertiary/aromatic N) is 1. The van der Waals surface area contributed by atoms with E-state index in [1.54, 1.807) is 0 Å². The van der Waals surface area contributed by atoms with E-state index in [4.69, 9.17) is 9.25 Å². The maximum absolute atomic E-state index is 5.82. The predicted octanol–water partition coefficient (Wildman–Crippen LogP) is 5.75. The van der Waals surface area contributed by atoms with Gasteiger partial charge in [-0.05, 0) is 13.0 Å². The van der Waals surface area contributed by atoms with Gasteiger partial charge in [-0.1, -0.05) is 84.0 Å². The molecule has 4 rings (SSSR count). The minimum atomic E-state index is 0.494. The Kier molecular flexibility index (Phi) is 5.01. The fourth-order valence-electron chi connectivity index (χ4n) is 3.25. The van der Waals surface area contributed by atoms with Gasteiger partial charge in [0.1, 0.15) is 23.7 Å². The molecule has 0 radical (unpaired) electrons. The van der Waals surface area contributed by atoms with E-state index in [1.165, 1.54) is 5.56 Å². The summed E-state index contributed by atoms with van der Waals surface area (Å²) in [7, 11) is 0. The molecule has 0 aliphatic heterocycles. The van der Waals surface area contributed by atoms with Crippen molar-refractivity contribution in [3.63, 3.8) is 0 Å². The van der Waals surface area contributed by atoms with Crippen LogP contribution in [-0.2, 0) is 11.3 Å². The molecule has 0 amide bonds. The number of benzene rings is 3. The maximum atomic E-state index is 5.82. The maximum Gasteiger partial charge on any atom is 0.134 e. The Morgan fingerprint density at radius 1 is 0.815 bits per heavy atom. The van der Waals surface area contributed by atoms with Crippen molar-refractivity contribution >= 4 is 16.7 Å². The Morgan fingerprint density at radius 2 is 1.41 bits per heavy atom. The second-order valence-corrected chi connectivity index (χ2v) is 6.39. The molecular formula is C24H21NO2. The molecule has 4 aromatic rings. The molecule has 1 heterocycles. The number of furan rings is 1. The second kappa shape index (κ2) is 7.92. The van der Waals surface area contributed by atoms with Crippen LogP contribution < -0.4 is 0 Å². The Bertz CT molecular complexity index is 1010. The van der Waals surface area contributed by atoms with E-state index in [9.17, 15) is 0 Å². The normalized spacial score (nSPS) is 10.7. The Balaban J connectivity index is 1.53. The van der Waals surface area contributed by atoms with E-state index in [0.29, 0.717) is 6.61 Å². The number of hydrogen-bond acceptors (Lipinski definition) is 3. The highest BCUT2D eigenvalue weighted by Gasteiger charge is 2.11. The summed E-state index contributed by atoms with van der Waals surface area (Å²) in [5.41, 5.74) is 5.01. The highest BCUT2D eigenvalue weighted by atomic mass is 16.6. The first kappa shape index (κ1) is 17.1. The van der Waals surface area contributed by atoms with Gasteiger partial charge >= 0.3 is 0 Å². The molecule has 0 atom stereocenters. The Hall–Kier alpha value is -3.33. The molecule has 0 aliphatic rings. The van der Waals surface area contributed by atoms with Crippen LogP contribution in [0, 0.1) is 6.92 Å². The number of aryl methyl sites for hydroxylation is 1. The molecule has 0 saturated heterocycles. The minimum absolute atomic E-state index is 0.494. The van der Waals surface area contributed by atoms with E-state index in [2.05, 4.69) is 11.2 Å². The molecule has 0 N–H and O–H groups in total. The smallest absolute Gasteiger partial charge is 0.134 e. The molecule has 3 nitrogen and oxygen atoms in total. The van der Waals surface area contributed by atoms with Crippen molar-refractivity contribution in [1.29, 1.82) is 0 Å². The first-order valence-electron chi connectivity index (χ1n) is 9.11. The lowest BCUT2D eigenvalue weighted by atomic mass is 10.0. The van der Waals surface area contributed by atoms with Crippen LogP contribution in [0.3, 0.4) is 0 Å². The van der Waals surface area contributed by atoms with Gasteiger partial charge in [-0.2, -0.15) is 0 Å². The summed E-state index contributed by atoms with van der Waals surface area (Å²) < 4.78 is 5.82. The zero-order valence-electron chi connectivity index (χ0n) is 15.3. The molecule has 0 fully saturated rings. The van der Waals surface area contributed by atoms with Crippen LogP contribution >= 0.6 is 0 Å². The zero-order valence-corrected chi connectivity index (χ0v) is 15.3. The highest BCUT2D eigenvalue weighted by molar-refractivity contribution is 6.12. The molecule has 0 bridgehead atoms. The van der Waals surface area contributed by atoms with Crippen LogP contribution in [0.5, 0.6) is 0 Å². The second-order valence-electron chi connectivity index (χ2n) is 6.39. The van der Waals surface area contributed by atoms with E-state index in [0.717, 1.165) is 40.0 Å². The van der Waals surface area contributed by atoms with Crippen LogP contribution in [0.2, 0.25) is 0 Å². The molecule has 0 spiro atoms. The molecule has 1 aromatic heterocycles. The number of hydrogen-bond donors (Lipinski definition) is 0. The molecule has 0 saturated carbocycles. The van der Waals surface area contributed by atoms with Gasteiger partial charge in [-0.3, -0.25) is 0 Å². The van der Waals surface area contributed by atoms with Crippen molar-refractivity contribution in [2.24, 2.45) is 5.16 Å². The summed E-state index contributed by atoms with van der Waals surface area (Å²) >= 11 is 0. The summed E-state index contributed by atoms with van der Waals surface area (Å²) in [6.45, 7) is 2.49. The molecular weight excluding hydrogens is 334 g/mol. The fraction of sp³-hybridized carbons (Fsp3) is 0.125. The zero-order chi connectivity index (χ0) is 18.5. The van der Waals surface area contributed by atoms with Gasteiger partial charge in [0, 0.05) is 28.5 Å². The third kappa shape index (κ3) is 3.77. The summed E-state index contributed by atoms with van der Waals surface area (Å²) in [5.74, 6) is 0.940. The number of fused-ring (bicyclic) bond motifs is 1. The molecule has 3 aromatic carbocycles. The van der Waals surface area contributed by atoms with Crippen molar-refractivity contribution in [1.82, 2.24) is 0 Å². The standard InChI is InChI=1S/C24H21NO2/c1-18-21(22-14-8-9-15-23(22)27-18)16-17-26-25-24(19-10-4-2-5-11-19)20-12-6-3-7-13-20/h2-15H,16-17H2,1H3. The molecule has 3 heteroatoms. The lowest BCUT2D eigenvalue weighted by Crippen LogP contribution is -2.05. The van der Waals surface area contributed by atoms with E-state index in [1.807, 2.05) is 85.8 Å². The van der Waals surface area contributed by atoms with Gasteiger partial charge in [-0.15, -0.1) is 0 Å². The SMILES string of the molecule is Cc1oc2ccccc2c1CCON=C(c1ccccc1)c1ccccc1. The molecule has 27 heavy (non-hydrogen) atoms. The van der Waals surface area contributed by atoms with Crippen LogP contribution in [0.25, 0.3) is 11.0 Å². The van der Waals surface area contributed by atoms with Gasteiger partial charge in [0.2, 0.25) is 0 Å². The lowest BCUT2D eigenvalue weighted by molar-refractivity contribution is 0.148. The topological polar surface area (TPSA) is 34.7 Å². The quantitative estimate of drug-likeness (QED) is 0.251. The minimum Gasteiger partial charge on any atom is -0.461 e. The van der Waals surface area contributed by atoms with Crippen molar-refractivity contribution < 1.29 is 9.25 Å². The van der Waals surface area contributed by atoms with Crippen molar-refractivity contribution in [3.8, 4) is 0 Å². The number of oxime groups is 1. The van der Waals surface area contributed by atoms with Crippen molar-refractivity contribution in [2.75, 3.05) is 6.61 Å². The predicted molar refractivity (Wildman–Crippen MR) is 109 cm³/mol. The first-order valence-corrected chi connectivity index (χ1v) is 9.11. The van der Waals surface area contributed by atoms with Crippen LogP contribution in [0.4, 0.5) is 0 Å². The van der Waals surface area contributed by atoms with Crippen molar-refractivity contribution in [2.45, 2.75) is 13.3 Å². The Labute approximate surface area is 158 Å². The highest BCUT2D eigenvalue weighted by Crippen LogP contribution is 2.25. The molecule has 134 valence electrons. The van der Waals surface area contributed by atoms with E-state index < -0.39 is 0 Å². The lowest BCUT2D eigenvalue weighted by Gasteiger charge is -2.07. The summed E-state index contributed by atoms with van der Waals surface area (Å²) in [6, 6.07) is 28.3. The fourth-order valence-corrected chi connectivity index (χ4v) is 3.25. The molecule has 0 unspecified atom stereocenters. The number of para-hydroxylation sites is 1. The largest absolute Gasteiger partial charge is 0.461 e. The van der Waals surface area contributed by atoms with Gasteiger partial charge in [-0.25, -0.2) is 0 Å². The van der Waals surface area contributed by atoms with Crippen LogP contribution in [0.15, 0.2) is 94.5 Å². The van der Waals surface area contributed by atoms with Crippen LogP contribution in [-0.4, -0.2) is 12.3 Å². The van der Waals surface area contributed by atoms with Gasteiger partial charge < -0.3 is 9.25 Å². The average molecular weight is 355 g/mol. The van der Waals surface area contributed by atoms with E-state index in [-0.39, 0.29) is 0 Å². The van der Waals surface area contributed by atoms with E-state index >= 15 is 0 Å².